The number of fused-ring (bicyclic) bond motifs is 1. The molecule has 1 saturated heterocycles. The first-order valence-corrected chi connectivity index (χ1v) is 11.6. The summed E-state index contributed by atoms with van der Waals surface area (Å²) >= 11 is 0. The fourth-order valence-corrected chi connectivity index (χ4v) is 4.32. The molecule has 3 aromatic rings. The molecule has 2 aromatic heterocycles. The van der Waals surface area contributed by atoms with Gasteiger partial charge in [-0.1, -0.05) is 26.0 Å². The molecule has 0 radical (unpaired) electrons. The molecular weight excluding hydrogens is 398 g/mol. The van der Waals surface area contributed by atoms with Crippen LogP contribution >= 0.6 is 0 Å². The minimum atomic E-state index is 0.0653. The van der Waals surface area contributed by atoms with Crippen molar-refractivity contribution >= 4 is 22.5 Å². The molecule has 0 spiro atoms. The van der Waals surface area contributed by atoms with E-state index >= 15 is 0 Å². The molecule has 3 heterocycles. The van der Waals surface area contributed by atoms with Gasteiger partial charge in [-0.2, -0.15) is 0 Å². The average Bonchev–Trinajstić information content (AvgIpc) is 2.79. The first-order valence-electron chi connectivity index (χ1n) is 11.6. The fourth-order valence-electron chi connectivity index (χ4n) is 4.32. The van der Waals surface area contributed by atoms with Crippen LogP contribution in [0.15, 0.2) is 55.0 Å². The van der Waals surface area contributed by atoms with Gasteiger partial charge < -0.3 is 10.2 Å². The Labute approximate surface area is 190 Å². The van der Waals surface area contributed by atoms with Gasteiger partial charge in [0.25, 0.3) is 5.91 Å². The molecular formula is C26H33N5O. The molecule has 6 heteroatoms. The highest BCUT2D eigenvalue weighted by Gasteiger charge is 2.29. The lowest BCUT2D eigenvalue weighted by molar-refractivity contribution is 0.0476. The maximum atomic E-state index is 13.4. The third kappa shape index (κ3) is 5.25. The van der Waals surface area contributed by atoms with Crippen molar-refractivity contribution in [3.63, 3.8) is 0 Å². The highest BCUT2D eigenvalue weighted by Crippen LogP contribution is 2.21. The van der Waals surface area contributed by atoms with Crippen LogP contribution in [-0.4, -0.2) is 57.9 Å². The van der Waals surface area contributed by atoms with Crippen molar-refractivity contribution in [1.82, 2.24) is 19.8 Å². The van der Waals surface area contributed by atoms with Crippen LogP contribution in [-0.2, 0) is 6.54 Å². The molecule has 1 aromatic carbocycles. The van der Waals surface area contributed by atoms with Crippen molar-refractivity contribution < 1.29 is 4.79 Å². The van der Waals surface area contributed by atoms with Crippen LogP contribution in [0.5, 0.6) is 0 Å². The standard InChI is InChI=1S/C26H33N5O/c1-19(2)8-12-29-25-24(5-4-10-28-25)26(32)31-14-13-30(17-20(31)3)18-21-6-7-23-16-27-11-9-22(23)15-21/h4-7,9-11,15-16,19-20H,8,12-14,17-18H2,1-3H3,(H,28,29)/t20-/m1/s1. The number of carbonyl (C=O) groups is 1. The Morgan fingerprint density at radius 2 is 2.03 bits per heavy atom. The molecule has 1 N–H and O–H groups in total. The first kappa shape index (κ1) is 22.2. The smallest absolute Gasteiger partial charge is 0.257 e. The molecule has 1 fully saturated rings. The molecule has 0 unspecified atom stereocenters. The second-order valence-electron chi connectivity index (χ2n) is 9.15. The summed E-state index contributed by atoms with van der Waals surface area (Å²) in [7, 11) is 0. The minimum Gasteiger partial charge on any atom is -0.369 e. The molecule has 0 bridgehead atoms. The van der Waals surface area contributed by atoms with Crippen LogP contribution in [0.4, 0.5) is 5.82 Å². The van der Waals surface area contributed by atoms with Gasteiger partial charge in [-0.15, -0.1) is 0 Å². The molecule has 1 aliphatic rings. The third-order valence-electron chi connectivity index (χ3n) is 6.14. The van der Waals surface area contributed by atoms with E-state index in [2.05, 4.69) is 65.2 Å². The number of rotatable bonds is 7. The lowest BCUT2D eigenvalue weighted by Gasteiger charge is -2.40. The number of nitrogens with one attached hydrogen (secondary N) is 1. The average molecular weight is 432 g/mol. The molecule has 0 saturated carbocycles. The van der Waals surface area contributed by atoms with Crippen molar-refractivity contribution in [2.45, 2.75) is 39.8 Å². The van der Waals surface area contributed by atoms with Crippen LogP contribution in [0.2, 0.25) is 0 Å². The summed E-state index contributed by atoms with van der Waals surface area (Å²) < 4.78 is 0. The van der Waals surface area contributed by atoms with Crippen LogP contribution < -0.4 is 5.32 Å². The first-order chi connectivity index (χ1) is 15.5. The second kappa shape index (κ2) is 10.1. The van der Waals surface area contributed by atoms with Gasteiger partial charge >= 0.3 is 0 Å². The predicted molar refractivity (Wildman–Crippen MR) is 130 cm³/mol. The van der Waals surface area contributed by atoms with E-state index in [0.29, 0.717) is 17.3 Å². The van der Waals surface area contributed by atoms with Crippen LogP contribution in [0, 0.1) is 5.92 Å². The Kier molecular flexibility index (Phi) is 7.00. The molecule has 1 atom stereocenters. The number of piperazine rings is 1. The molecule has 0 aliphatic carbocycles. The normalized spacial score (nSPS) is 17.1. The number of aromatic nitrogens is 2. The van der Waals surface area contributed by atoms with Crippen LogP contribution in [0.25, 0.3) is 10.8 Å². The number of pyridine rings is 2. The Bertz CT molecular complexity index is 1070. The summed E-state index contributed by atoms with van der Waals surface area (Å²) in [5, 5.41) is 5.74. The van der Waals surface area contributed by atoms with Crippen molar-refractivity contribution in [2.24, 2.45) is 5.92 Å². The number of amides is 1. The zero-order valence-electron chi connectivity index (χ0n) is 19.3. The maximum absolute atomic E-state index is 13.4. The number of hydrogen-bond donors (Lipinski definition) is 1. The van der Waals surface area contributed by atoms with E-state index in [4.69, 9.17) is 0 Å². The van der Waals surface area contributed by atoms with E-state index in [9.17, 15) is 4.79 Å². The zero-order valence-corrected chi connectivity index (χ0v) is 19.3. The summed E-state index contributed by atoms with van der Waals surface area (Å²) in [6.07, 6.45) is 6.53. The maximum Gasteiger partial charge on any atom is 0.257 e. The van der Waals surface area contributed by atoms with Gasteiger partial charge in [0.1, 0.15) is 5.82 Å². The van der Waals surface area contributed by atoms with E-state index in [1.54, 1.807) is 6.20 Å². The monoisotopic (exact) mass is 431 g/mol. The van der Waals surface area contributed by atoms with Gasteiger partial charge in [-0.05, 0) is 54.5 Å². The number of hydrogen-bond acceptors (Lipinski definition) is 5. The fraction of sp³-hybridized carbons (Fsp3) is 0.423. The van der Waals surface area contributed by atoms with Crippen molar-refractivity contribution in [1.29, 1.82) is 0 Å². The van der Waals surface area contributed by atoms with Crippen LogP contribution in [0.1, 0.15) is 43.1 Å². The minimum absolute atomic E-state index is 0.0653. The molecule has 32 heavy (non-hydrogen) atoms. The lowest BCUT2D eigenvalue weighted by atomic mass is 10.1. The number of carbonyl (C=O) groups excluding carboxylic acids is 1. The summed E-state index contributed by atoms with van der Waals surface area (Å²) in [4.78, 5) is 26.4. The molecule has 1 amide bonds. The van der Waals surface area contributed by atoms with E-state index in [0.717, 1.165) is 44.5 Å². The zero-order chi connectivity index (χ0) is 22.5. The second-order valence-corrected chi connectivity index (χ2v) is 9.15. The topological polar surface area (TPSA) is 61.4 Å². The van der Waals surface area contributed by atoms with Gasteiger partial charge in [0, 0.05) is 62.7 Å². The number of nitrogens with zero attached hydrogens (tertiary/aromatic N) is 4. The lowest BCUT2D eigenvalue weighted by Crippen LogP contribution is -2.53. The highest BCUT2D eigenvalue weighted by molar-refractivity contribution is 5.99. The molecule has 4 rings (SSSR count). The van der Waals surface area contributed by atoms with E-state index in [1.807, 2.05) is 29.4 Å². The van der Waals surface area contributed by atoms with Gasteiger partial charge in [0.15, 0.2) is 0 Å². The quantitative estimate of drug-likeness (QED) is 0.599. The summed E-state index contributed by atoms with van der Waals surface area (Å²) in [5.41, 5.74) is 1.96. The van der Waals surface area contributed by atoms with Gasteiger partial charge in [0.2, 0.25) is 0 Å². The summed E-state index contributed by atoms with van der Waals surface area (Å²) in [6.45, 7) is 10.7. The Morgan fingerprint density at radius 1 is 1.16 bits per heavy atom. The Morgan fingerprint density at radius 3 is 2.84 bits per heavy atom. The van der Waals surface area contributed by atoms with E-state index < -0.39 is 0 Å². The molecule has 1 aliphatic heterocycles. The molecule has 168 valence electrons. The van der Waals surface area contributed by atoms with Crippen molar-refractivity contribution in [2.75, 3.05) is 31.5 Å². The van der Waals surface area contributed by atoms with Crippen molar-refractivity contribution in [3.8, 4) is 0 Å². The Hall–Kier alpha value is -2.99. The van der Waals surface area contributed by atoms with Gasteiger partial charge in [-0.3, -0.25) is 14.7 Å². The third-order valence-corrected chi connectivity index (χ3v) is 6.14. The van der Waals surface area contributed by atoms with Crippen molar-refractivity contribution in [3.05, 3.63) is 66.1 Å². The van der Waals surface area contributed by atoms with Gasteiger partial charge in [0.05, 0.1) is 5.56 Å². The number of anilines is 1. The summed E-state index contributed by atoms with van der Waals surface area (Å²) in [6, 6.07) is 12.5. The highest BCUT2D eigenvalue weighted by atomic mass is 16.2. The predicted octanol–water partition coefficient (Wildman–Crippen LogP) is 4.43. The number of benzene rings is 1. The van der Waals surface area contributed by atoms with E-state index in [1.165, 1.54) is 10.9 Å². The Balaban J connectivity index is 1.39. The van der Waals surface area contributed by atoms with E-state index in [-0.39, 0.29) is 11.9 Å². The molecule has 6 nitrogen and oxygen atoms in total. The summed E-state index contributed by atoms with van der Waals surface area (Å²) in [5.74, 6) is 1.37. The largest absolute Gasteiger partial charge is 0.369 e. The van der Waals surface area contributed by atoms with Crippen LogP contribution in [0.3, 0.4) is 0 Å². The van der Waals surface area contributed by atoms with Gasteiger partial charge in [-0.25, -0.2) is 4.98 Å². The SMILES string of the molecule is CC(C)CCNc1ncccc1C(=O)N1CCN(Cc2ccc3cnccc3c2)C[C@H]1C.